The second-order valence-electron chi connectivity index (χ2n) is 4.59. The molecule has 3 N–H and O–H groups in total. The molecule has 1 aromatic heterocycles. The number of ether oxygens (including phenoxy) is 1. The molecule has 0 atom stereocenters. The first kappa shape index (κ1) is 16.2. The molecule has 0 bridgehead atoms. The SMILES string of the molecule is C#CCOc1cccc(NC(=O)c2cc(C)c(F)nc2N)c1F. The summed E-state index contributed by atoms with van der Waals surface area (Å²) in [4.78, 5) is 15.6. The molecule has 0 fully saturated rings. The summed E-state index contributed by atoms with van der Waals surface area (Å²) in [7, 11) is 0. The van der Waals surface area contributed by atoms with Crippen LogP contribution in [0.15, 0.2) is 24.3 Å². The van der Waals surface area contributed by atoms with Crippen molar-refractivity contribution in [1.29, 1.82) is 0 Å². The predicted molar refractivity (Wildman–Crippen MR) is 82.0 cm³/mol. The number of terminal acetylenes is 1. The van der Waals surface area contributed by atoms with Crippen LogP contribution in [0.5, 0.6) is 5.75 Å². The van der Waals surface area contributed by atoms with Gasteiger partial charge in [-0.25, -0.2) is 9.37 Å². The molecule has 0 spiro atoms. The third kappa shape index (κ3) is 3.55. The molecule has 23 heavy (non-hydrogen) atoms. The zero-order valence-electron chi connectivity index (χ0n) is 12.2. The second-order valence-corrected chi connectivity index (χ2v) is 4.59. The van der Waals surface area contributed by atoms with Crippen LogP contribution in [0.4, 0.5) is 20.3 Å². The highest BCUT2D eigenvalue weighted by molar-refractivity contribution is 6.07. The minimum atomic E-state index is -0.776. The smallest absolute Gasteiger partial charge is 0.259 e. The van der Waals surface area contributed by atoms with Crippen LogP contribution in [-0.2, 0) is 0 Å². The van der Waals surface area contributed by atoms with Crippen molar-refractivity contribution in [2.45, 2.75) is 6.92 Å². The fourth-order valence-electron chi connectivity index (χ4n) is 1.81. The molecule has 0 unspecified atom stereocenters. The van der Waals surface area contributed by atoms with Crippen molar-refractivity contribution < 1.29 is 18.3 Å². The molecule has 5 nitrogen and oxygen atoms in total. The van der Waals surface area contributed by atoms with E-state index in [9.17, 15) is 13.6 Å². The molecule has 1 amide bonds. The van der Waals surface area contributed by atoms with Crippen LogP contribution in [-0.4, -0.2) is 17.5 Å². The van der Waals surface area contributed by atoms with Gasteiger partial charge >= 0.3 is 0 Å². The van der Waals surface area contributed by atoms with Crippen molar-refractivity contribution in [3.05, 3.63) is 47.2 Å². The van der Waals surface area contributed by atoms with Gasteiger partial charge in [-0.05, 0) is 25.1 Å². The van der Waals surface area contributed by atoms with Gasteiger partial charge in [0.15, 0.2) is 11.6 Å². The number of hydrogen-bond acceptors (Lipinski definition) is 4. The highest BCUT2D eigenvalue weighted by Gasteiger charge is 2.17. The molecule has 7 heteroatoms. The Balaban J connectivity index is 2.28. The van der Waals surface area contributed by atoms with Crippen LogP contribution in [0.1, 0.15) is 15.9 Å². The Labute approximate surface area is 131 Å². The van der Waals surface area contributed by atoms with Crippen molar-refractivity contribution in [1.82, 2.24) is 4.98 Å². The van der Waals surface area contributed by atoms with Gasteiger partial charge in [-0.15, -0.1) is 6.42 Å². The molecule has 1 heterocycles. The summed E-state index contributed by atoms with van der Waals surface area (Å²) in [6.45, 7) is 1.33. The van der Waals surface area contributed by atoms with Gasteiger partial charge in [-0.2, -0.15) is 4.39 Å². The van der Waals surface area contributed by atoms with Crippen LogP contribution >= 0.6 is 0 Å². The summed E-state index contributed by atoms with van der Waals surface area (Å²) < 4.78 is 32.5. The van der Waals surface area contributed by atoms with E-state index < -0.39 is 17.7 Å². The van der Waals surface area contributed by atoms with Gasteiger partial charge in [0.2, 0.25) is 5.95 Å². The first-order valence-corrected chi connectivity index (χ1v) is 6.52. The molecule has 0 saturated carbocycles. The average molecular weight is 317 g/mol. The van der Waals surface area contributed by atoms with Crippen molar-refractivity contribution >= 4 is 17.4 Å². The lowest BCUT2D eigenvalue weighted by molar-refractivity contribution is 0.102. The van der Waals surface area contributed by atoms with E-state index in [-0.39, 0.29) is 35.0 Å². The zero-order valence-corrected chi connectivity index (χ0v) is 12.2. The lowest BCUT2D eigenvalue weighted by Gasteiger charge is -2.11. The summed E-state index contributed by atoms with van der Waals surface area (Å²) in [6, 6.07) is 5.45. The Morgan fingerprint density at radius 3 is 2.91 bits per heavy atom. The van der Waals surface area contributed by atoms with E-state index in [1.54, 1.807) is 0 Å². The van der Waals surface area contributed by atoms with E-state index in [2.05, 4.69) is 16.2 Å². The molecule has 2 rings (SSSR count). The number of nitrogens with one attached hydrogen (secondary N) is 1. The Bertz CT molecular complexity index is 801. The number of nitrogens with zero attached hydrogens (tertiary/aromatic N) is 1. The number of benzene rings is 1. The quantitative estimate of drug-likeness (QED) is 0.671. The van der Waals surface area contributed by atoms with Crippen LogP contribution in [0.2, 0.25) is 0 Å². The first-order chi connectivity index (χ1) is 10.9. The maximum absolute atomic E-state index is 14.2. The van der Waals surface area contributed by atoms with Crippen molar-refractivity contribution in [3.8, 4) is 18.1 Å². The summed E-state index contributed by atoms with van der Waals surface area (Å²) in [6.07, 6.45) is 5.05. The van der Waals surface area contributed by atoms with Crippen molar-refractivity contribution in [3.63, 3.8) is 0 Å². The van der Waals surface area contributed by atoms with Crippen LogP contribution in [0.25, 0.3) is 0 Å². The number of carbonyl (C=O) groups excluding carboxylic acids is 1. The Kier molecular flexibility index (Phi) is 4.76. The lowest BCUT2D eigenvalue weighted by Crippen LogP contribution is -2.17. The maximum atomic E-state index is 14.2. The number of anilines is 2. The molecular weight excluding hydrogens is 304 g/mol. The number of halogens is 2. The molecule has 0 aliphatic heterocycles. The zero-order chi connectivity index (χ0) is 17.0. The summed E-state index contributed by atoms with van der Waals surface area (Å²) in [5, 5.41) is 2.34. The molecule has 118 valence electrons. The molecule has 0 aliphatic carbocycles. The van der Waals surface area contributed by atoms with Crippen LogP contribution in [0.3, 0.4) is 0 Å². The second kappa shape index (κ2) is 6.75. The molecular formula is C16H13F2N3O2. The number of rotatable bonds is 4. The monoisotopic (exact) mass is 317 g/mol. The van der Waals surface area contributed by atoms with Gasteiger partial charge in [0.25, 0.3) is 5.91 Å². The van der Waals surface area contributed by atoms with E-state index in [4.69, 9.17) is 16.9 Å². The summed E-state index contributed by atoms with van der Waals surface area (Å²) in [5.41, 5.74) is 5.50. The third-order valence-electron chi connectivity index (χ3n) is 2.95. The number of pyridine rings is 1. The third-order valence-corrected chi connectivity index (χ3v) is 2.95. The number of aromatic nitrogens is 1. The van der Waals surface area contributed by atoms with Crippen molar-refractivity contribution in [2.75, 3.05) is 17.7 Å². The van der Waals surface area contributed by atoms with Gasteiger partial charge in [-0.1, -0.05) is 12.0 Å². The minimum absolute atomic E-state index is 0.0572. The Hall–Kier alpha value is -3.14. The number of nitrogens with two attached hydrogens (primary N) is 1. The van der Waals surface area contributed by atoms with E-state index in [0.717, 1.165) is 0 Å². The summed E-state index contributed by atoms with van der Waals surface area (Å²) >= 11 is 0. The number of hydrogen-bond donors (Lipinski definition) is 2. The van der Waals surface area contributed by atoms with Crippen LogP contribution in [0, 0.1) is 31.0 Å². The first-order valence-electron chi connectivity index (χ1n) is 6.52. The lowest BCUT2D eigenvalue weighted by atomic mass is 10.1. The van der Waals surface area contributed by atoms with Gasteiger partial charge < -0.3 is 15.8 Å². The normalized spacial score (nSPS) is 10.0. The molecule has 0 saturated heterocycles. The van der Waals surface area contributed by atoms with Crippen LogP contribution < -0.4 is 15.8 Å². The standard InChI is InChI=1S/C16H13F2N3O2/c1-3-7-23-12-6-4-5-11(13(12)17)20-16(22)10-8-9(2)14(18)21-15(10)19/h1,4-6,8H,7H2,2H3,(H2,19,21)(H,20,22). The van der Waals surface area contributed by atoms with Gasteiger partial charge in [0.1, 0.15) is 12.4 Å². The molecule has 0 aliphatic rings. The number of amides is 1. The Morgan fingerprint density at radius 1 is 1.48 bits per heavy atom. The van der Waals surface area contributed by atoms with Gasteiger partial charge in [0, 0.05) is 5.56 Å². The average Bonchev–Trinajstić information content (AvgIpc) is 2.51. The number of nitrogen functional groups attached to an aromatic ring is 1. The van der Waals surface area contributed by atoms with Gasteiger partial charge in [0.05, 0.1) is 11.3 Å². The maximum Gasteiger partial charge on any atom is 0.259 e. The predicted octanol–water partition coefficient (Wildman–Crippen LogP) is 2.51. The Morgan fingerprint density at radius 2 is 2.22 bits per heavy atom. The molecule has 2 aromatic rings. The van der Waals surface area contributed by atoms with Gasteiger partial charge in [-0.3, -0.25) is 4.79 Å². The topological polar surface area (TPSA) is 77.2 Å². The van der Waals surface area contributed by atoms with E-state index >= 15 is 0 Å². The van der Waals surface area contributed by atoms with E-state index in [1.807, 2.05) is 0 Å². The molecule has 1 aromatic carbocycles. The minimum Gasteiger partial charge on any atom is -0.478 e. The summed E-state index contributed by atoms with van der Waals surface area (Å²) in [5.74, 6) is -0.431. The number of aryl methyl sites for hydroxylation is 1. The van der Waals surface area contributed by atoms with E-state index in [0.29, 0.717) is 0 Å². The number of carbonyl (C=O) groups is 1. The van der Waals surface area contributed by atoms with E-state index in [1.165, 1.54) is 31.2 Å². The fraction of sp³-hybridized carbons (Fsp3) is 0.125. The largest absolute Gasteiger partial charge is 0.478 e. The fourth-order valence-corrected chi connectivity index (χ4v) is 1.81. The molecule has 0 radical (unpaired) electrons. The van der Waals surface area contributed by atoms with Crippen molar-refractivity contribution in [2.24, 2.45) is 0 Å². The highest BCUT2D eigenvalue weighted by atomic mass is 19.1. The highest BCUT2D eigenvalue weighted by Crippen LogP contribution is 2.25.